The molecule has 0 saturated carbocycles. The first-order valence-corrected chi connectivity index (χ1v) is 10.7. The molecule has 1 heterocycles. The van der Waals surface area contributed by atoms with Crippen molar-refractivity contribution < 1.29 is 14.6 Å². The number of rotatable bonds is 6. The lowest BCUT2D eigenvalue weighted by atomic mass is 10.0. The molecule has 5 nitrogen and oxygen atoms in total. The molecule has 2 aromatic carbocycles. The van der Waals surface area contributed by atoms with Crippen LogP contribution in [0.15, 0.2) is 60.7 Å². The Balaban J connectivity index is 1.81. The summed E-state index contributed by atoms with van der Waals surface area (Å²) in [5.74, 6) is -1.15. The smallest absolute Gasteiger partial charge is 0.356 e. The Labute approximate surface area is 190 Å². The Kier molecular flexibility index (Phi) is 6.66. The highest BCUT2D eigenvalue weighted by atomic mass is 35.5. The van der Waals surface area contributed by atoms with Crippen molar-refractivity contribution in [3.8, 4) is 22.5 Å². The summed E-state index contributed by atoms with van der Waals surface area (Å²) in [6, 6.07) is 14.2. The van der Waals surface area contributed by atoms with E-state index in [1.807, 2.05) is 18.2 Å². The second kappa shape index (κ2) is 9.60. The molecule has 158 valence electrons. The van der Waals surface area contributed by atoms with Crippen LogP contribution >= 0.6 is 23.2 Å². The Morgan fingerprint density at radius 1 is 0.968 bits per heavy atom. The van der Waals surface area contributed by atoms with Crippen LogP contribution < -0.4 is 0 Å². The molecular weight excluding hydrogens is 435 g/mol. The van der Waals surface area contributed by atoms with Gasteiger partial charge in [0.25, 0.3) is 0 Å². The maximum Gasteiger partial charge on any atom is 0.356 e. The van der Waals surface area contributed by atoms with E-state index < -0.39 is 5.97 Å². The van der Waals surface area contributed by atoms with E-state index in [2.05, 4.69) is 11.1 Å². The summed E-state index contributed by atoms with van der Waals surface area (Å²) in [7, 11) is 0. The van der Waals surface area contributed by atoms with Gasteiger partial charge >= 0.3 is 5.97 Å². The molecule has 3 aromatic rings. The number of aromatic nitrogens is 2. The largest absolute Gasteiger partial charge is 0.476 e. The third kappa shape index (κ3) is 5.13. The van der Waals surface area contributed by atoms with Crippen molar-refractivity contribution in [3.63, 3.8) is 0 Å². The highest BCUT2D eigenvalue weighted by molar-refractivity contribution is 6.31. The van der Waals surface area contributed by atoms with Crippen LogP contribution in [0.25, 0.3) is 22.5 Å². The monoisotopic (exact) mass is 454 g/mol. The molecule has 1 aliphatic carbocycles. The third-order valence-electron chi connectivity index (χ3n) is 5.05. The summed E-state index contributed by atoms with van der Waals surface area (Å²) in [5.41, 5.74) is 2.67. The van der Waals surface area contributed by atoms with Crippen LogP contribution in [0.5, 0.6) is 0 Å². The zero-order chi connectivity index (χ0) is 21.8. The number of nitrogens with zero attached hydrogens (tertiary/aromatic N) is 2. The van der Waals surface area contributed by atoms with Crippen LogP contribution in [-0.4, -0.2) is 27.1 Å². The van der Waals surface area contributed by atoms with Crippen molar-refractivity contribution >= 4 is 29.2 Å². The Morgan fingerprint density at radius 2 is 1.55 bits per heavy atom. The average Bonchev–Trinajstić information content (AvgIpc) is 2.79. The van der Waals surface area contributed by atoms with Crippen LogP contribution in [0.4, 0.5) is 0 Å². The zero-order valence-electron chi connectivity index (χ0n) is 16.6. The van der Waals surface area contributed by atoms with Crippen LogP contribution in [-0.2, 0) is 11.3 Å². The highest BCUT2D eigenvalue weighted by Gasteiger charge is 2.22. The van der Waals surface area contributed by atoms with Gasteiger partial charge in [0.2, 0.25) is 0 Å². The molecule has 0 spiro atoms. The minimum absolute atomic E-state index is 0.0490. The highest BCUT2D eigenvalue weighted by Crippen LogP contribution is 2.32. The van der Waals surface area contributed by atoms with Crippen molar-refractivity contribution in [1.82, 2.24) is 9.97 Å². The maximum absolute atomic E-state index is 12.0. The first kappa shape index (κ1) is 21.5. The molecule has 0 amide bonds. The van der Waals surface area contributed by atoms with E-state index in [-0.39, 0.29) is 24.1 Å². The van der Waals surface area contributed by atoms with E-state index in [4.69, 9.17) is 32.9 Å². The van der Waals surface area contributed by atoms with Gasteiger partial charge in [-0.25, -0.2) is 14.8 Å². The molecule has 1 aromatic heterocycles. The number of carboxylic acids is 1. The SMILES string of the molecule is O=C(O)c1nc(-c2ccc(Cl)cc2)c(-c2ccc(Cl)cc2)nc1COC1C=CCCC1. The van der Waals surface area contributed by atoms with Gasteiger partial charge in [-0.05, 0) is 43.5 Å². The van der Waals surface area contributed by atoms with E-state index >= 15 is 0 Å². The van der Waals surface area contributed by atoms with Gasteiger partial charge in [-0.15, -0.1) is 0 Å². The Morgan fingerprint density at radius 3 is 2.06 bits per heavy atom. The molecule has 1 atom stereocenters. The van der Waals surface area contributed by atoms with E-state index in [9.17, 15) is 9.90 Å². The summed E-state index contributed by atoms with van der Waals surface area (Å²) in [5, 5.41) is 11.0. The molecule has 0 saturated heterocycles. The van der Waals surface area contributed by atoms with Gasteiger partial charge in [0.05, 0.1) is 24.1 Å². The third-order valence-corrected chi connectivity index (χ3v) is 5.55. The second-order valence-corrected chi connectivity index (χ2v) is 8.12. The van der Waals surface area contributed by atoms with Gasteiger partial charge in [0, 0.05) is 21.2 Å². The number of ether oxygens (including phenoxy) is 1. The molecule has 1 unspecified atom stereocenters. The van der Waals surface area contributed by atoms with Gasteiger partial charge in [-0.2, -0.15) is 0 Å². The van der Waals surface area contributed by atoms with Gasteiger partial charge in [0.15, 0.2) is 5.69 Å². The topological polar surface area (TPSA) is 72.3 Å². The van der Waals surface area contributed by atoms with Gasteiger partial charge in [-0.1, -0.05) is 59.6 Å². The molecule has 31 heavy (non-hydrogen) atoms. The molecule has 0 aliphatic heterocycles. The quantitative estimate of drug-likeness (QED) is 0.433. The number of allylic oxidation sites excluding steroid dienone is 1. The average molecular weight is 455 g/mol. The van der Waals surface area contributed by atoms with Crippen LogP contribution in [0.2, 0.25) is 10.0 Å². The lowest BCUT2D eigenvalue weighted by molar-refractivity contribution is 0.0563. The van der Waals surface area contributed by atoms with Crippen LogP contribution in [0.1, 0.15) is 35.4 Å². The predicted octanol–water partition coefficient (Wildman–Crippen LogP) is 6.44. The van der Waals surface area contributed by atoms with Crippen molar-refractivity contribution in [2.24, 2.45) is 0 Å². The van der Waals surface area contributed by atoms with Crippen molar-refractivity contribution in [2.75, 3.05) is 0 Å². The molecule has 0 radical (unpaired) electrons. The number of hydrogen-bond donors (Lipinski definition) is 1. The Hall–Kier alpha value is -2.73. The normalized spacial score (nSPS) is 15.7. The molecule has 4 rings (SSSR count). The number of halogens is 2. The minimum atomic E-state index is -1.15. The molecule has 7 heteroatoms. The van der Waals surface area contributed by atoms with Gasteiger partial charge in [-0.3, -0.25) is 0 Å². The number of hydrogen-bond acceptors (Lipinski definition) is 4. The van der Waals surface area contributed by atoms with E-state index in [1.165, 1.54) is 0 Å². The first-order valence-electron chi connectivity index (χ1n) is 9.95. The summed E-state index contributed by atoms with van der Waals surface area (Å²) in [6.45, 7) is 0.0606. The van der Waals surface area contributed by atoms with Crippen LogP contribution in [0, 0.1) is 0 Å². The standard InChI is InChI=1S/C24H20Cl2N2O3/c25-17-10-6-15(7-11-17)21-22(16-8-12-18(26)13-9-16)28-23(24(29)30)20(27-21)14-31-19-4-2-1-3-5-19/h2,4,6-13,19H,1,3,5,14H2,(H,29,30). The summed E-state index contributed by atoms with van der Waals surface area (Å²) >= 11 is 12.1. The Bertz CT molecular complexity index is 1110. The predicted molar refractivity (Wildman–Crippen MR) is 121 cm³/mol. The molecule has 0 bridgehead atoms. The number of carboxylic acid groups (broad SMARTS) is 1. The summed E-state index contributed by atoms with van der Waals surface area (Å²) in [6.07, 6.45) is 7.03. The van der Waals surface area contributed by atoms with Crippen molar-refractivity contribution in [2.45, 2.75) is 32.0 Å². The number of aromatic carboxylic acids is 1. The fraction of sp³-hybridized carbons (Fsp3) is 0.208. The maximum atomic E-state index is 12.0. The fourth-order valence-electron chi connectivity index (χ4n) is 3.47. The van der Waals surface area contributed by atoms with Gasteiger partial charge in [0.1, 0.15) is 5.69 Å². The van der Waals surface area contributed by atoms with Gasteiger partial charge < -0.3 is 9.84 Å². The zero-order valence-corrected chi connectivity index (χ0v) is 18.1. The van der Waals surface area contributed by atoms with E-state index in [0.717, 1.165) is 24.8 Å². The summed E-state index contributed by atoms with van der Waals surface area (Å²) in [4.78, 5) is 21.2. The first-order chi connectivity index (χ1) is 15.0. The molecule has 0 fully saturated rings. The molecule has 1 N–H and O–H groups in total. The van der Waals surface area contributed by atoms with Crippen molar-refractivity contribution in [1.29, 1.82) is 0 Å². The lowest BCUT2D eigenvalue weighted by Crippen LogP contribution is -2.16. The summed E-state index contributed by atoms with van der Waals surface area (Å²) < 4.78 is 5.94. The van der Waals surface area contributed by atoms with E-state index in [0.29, 0.717) is 27.0 Å². The number of benzene rings is 2. The molecular formula is C24H20Cl2N2O3. The van der Waals surface area contributed by atoms with Crippen molar-refractivity contribution in [3.05, 3.63) is 82.1 Å². The lowest BCUT2D eigenvalue weighted by Gasteiger charge is -2.18. The minimum Gasteiger partial charge on any atom is -0.476 e. The molecule has 1 aliphatic rings. The van der Waals surface area contributed by atoms with E-state index in [1.54, 1.807) is 36.4 Å². The fourth-order valence-corrected chi connectivity index (χ4v) is 3.72. The van der Waals surface area contributed by atoms with Crippen LogP contribution in [0.3, 0.4) is 0 Å². The second-order valence-electron chi connectivity index (χ2n) is 7.24. The number of carbonyl (C=O) groups is 1.